The van der Waals surface area contributed by atoms with E-state index < -0.39 is 5.97 Å². The van der Waals surface area contributed by atoms with Gasteiger partial charge in [-0.3, -0.25) is 9.59 Å². The van der Waals surface area contributed by atoms with Crippen LogP contribution in [-0.4, -0.2) is 18.4 Å². The van der Waals surface area contributed by atoms with Crippen molar-refractivity contribution in [3.63, 3.8) is 0 Å². The molecule has 13 heavy (non-hydrogen) atoms. The van der Waals surface area contributed by atoms with Crippen LogP contribution in [0.2, 0.25) is 0 Å². The van der Waals surface area contributed by atoms with Gasteiger partial charge in [0, 0.05) is 6.42 Å². The molecule has 0 aromatic carbocycles. The zero-order valence-electron chi connectivity index (χ0n) is 9.05. The van der Waals surface area contributed by atoms with E-state index in [4.69, 9.17) is 0 Å². The van der Waals surface area contributed by atoms with Crippen molar-refractivity contribution in [2.24, 2.45) is 0 Å². The lowest BCUT2D eigenvalue weighted by Crippen LogP contribution is -2.10. The number of Topliss-reactive ketones (excluding diaryl/α,β-unsaturated/α-hetero) is 1. The molecular formula is C10H20O3. The van der Waals surface area contributed by atoms with E-state index in [0.717, 1.165) is 6.42 Å². The Bertz CT molecular complexity index is 125. The van der Waals surface area contributed by atoms with E-state index in [2.05, 4.69) is 4.74 Å². The number of esters is 1. The molecule has 0 aromatic heterocycles. The molecule has 0 atom stereocenters. The van der Waals surface area contributed by atoms with Gasteiger partial charge >= 0.3 is 5.97 Å². The van der Waals surface area contributed by atoms with Gasteiger partial charge < -0.3 is 4.74 Å². The number of ether oxygens (including phenoxy) is 1. The van der Waals surface area contributed by atoms with Crippen molar-refractivity contribution in [3.05, 3.63) is 0 Å². The number of hydrogen-bond acceptors (Lipinski definition) is 3. The smallest absolute Gasteiger partial charge is 0.313 e. The standard InChI is InChI=1S/C8H14O3.C2H6/c1-3-5-7(9)6-8(10)11-4-2;1-2/h3-6H2,1-2H3;1-2H3. The number of ketones is 1. The second-order valence-electron chi connectivity index (χ2n) is 2.27. The van der Waals surface area contributed by atoms with Gasteiger partial charge in [-0.2, -0.15) is 0 Å². The Kier molecular flexibility index (Phi) is 12.6. The van der Waals surface area contributed by atoms with Crippen LogP contribution in [0.25, 0.3) is 0 Å². The maximum atomic E-state index is 10.8. The van der Waals surface area contributed by atoms with Crippen molar-refractivity contribution in [1.82, 2.24) is 0 Å². The minimum absolute atomic E-state index is 0.0362. The minimum Gasteiger partial charge on any atom is -0.466 e. The van der Waals surface area contributed by atoms with Crippen molar-refractivity contribution in [2.75, 3.05) is 6.61 Å². The molecule has 0 aliphatic carbocycles. The highest BCUT2D eigenvalue weighted by atomic mass is 16.5. The van der Waals surface area contributed by atoms with Crippen molar-refractivity contribution in [1.29, 1.82) is 0 Å². The molecular weight excluding hydrogens is 168 g/mol. The summed E-state index contributed by atoms with van der Waals surface area (Å²) in [4.78, 5) is 21.5. The maximum absolute atomic E-state index is 10.8. The summed E-state index contributed by atoms with van der Waals surface area (Å²) >= 11 is 0. The van der Waals surface area contributed by atoms with Gasteiger partial charge in [-0.1, -0.05) is 20.8 Å². The highest BCUT2D eigenvalue weighted by Crippen LogP contribution is 1.95. The van der Waals surface area contributed by atoms with Gasteiger partial charge in [0.25, 0.3) is 0 Å². The van der Waals surface area contributed by atoms with E-state index in [-0.39, 0.29) is 12.2 Å². The van der Waals surface area contributed by atoms with Crippen LogP contribution in [0.4, 0.5) is 0 Å². The van der Waals surface area contributed by atoms with Gasteiger partial charge in [-0.25, -0.2) is 0 Å². The Morgan fingerprint density at radius 1 is 1.15 bits per heavy atom. The zero-order chi connectivity index (χ0) is 10.7. The first kappa shape index (κ1) is 14.7. The fraction of sp³-hybridized carbons (Fsp3) is 0.800. The van der Waals surface area contributed by atoms with Crippen molar-refractivity contribution < 1.29 is 14.3 Å². The van der Waals surface area contributed by atoms with Gasteiger partial charge in [-0.05, 0) is 13.3 Å². The predicted molar refractivity (Wildman–Crippen MR) is 52.5 cm³/mol. The first-order valence-corrected chi connectivity index (χ1v) is 4.88. The van der Waals surface area contributed by atoms with Gasteiger partial charge in [0.1, 0.15) is 12.2 Å². The Hall–Kier alpha value is -0.860. The predicted octanol–water partition coefficient (Wildman–Crippen LogP) is 2.33. The fourth-order valence-electron chi connectivity index (χ4n) is 0.740. The molecule has 0 rings (SSSR count). The Labute approximate surface area is 80.5 Å². The monoisotopic (exact) mass is 188 g/mol. The maximum Gasteiger partial charge on any atom is 0.313 e. The Balaban J connectivity index is 0. The number of carbonyl (C=O) groups is 2. The number of carbonyl (C=O) groups excluding carboxylic acids is 2. The quantitative estimate of drug-likeness (QED) is 0.491. The molecule has 0 aliphatic heterocycles. The van der Waals surface area contributed by atoms with Gasteiger partial charge in [0.15, 0.2) is 0 Å². The van der Waals surface area contributed by atoms with Crippen LogP contribution in [0, 0.1) is 0 Å². The second kappa shape index (κ2) is 11.1. The Morgan fingerprint density at radius 2 is 1.69 bits per heavy atom. The molecule has 0 saturated carbocycles. The molecule has 0 aromatic rings. The summed E-state index contributed by atoms with van der Waals surface area (Å²) in [5, 5.41) is 0. The molecule has 0 amide bonds. The van der Waals surface area contributed by atoms with Crippen molar-refractivity contribution in [2.45, 2.75) is 47.0 Å². The van der Waals surface area contributed by atoms with E-state index in [9.17, 15) is 9.59 Å². The van der Waals surface area contributed by atoms with Gasteiger partial charge in [-0.15, -0.1) is 0 Å². The number of hydrogen-bond donors (Lipinski definition) is 0. The molecule has 0 saturated heterocycles. The molecule has 3 nitrogen and oxygen atoms in total. The van der Waals surface area contributed by atoms with E-state index in [1.807, 2.05) is 20.8 Å². The summed E-state index contributed by atoms with van der Waals surface area (Å²) in [6, 6.07) is 0. The molecule has 78 valence electrons. The molecule has 0 heterocycles. The number of rotatable bonds is 5. The molecule has 0 fully saturated rings. The van der Waals surface area contributed by atoms with Crippen LogP contribution in [0.3, 0.4) is 0 Å². The van der Waals surface area contributed by atoms with Crippen LogP contribution in [-0.2, 0) is 14.3 Å². The SMILES string of the molecule is CC.CCCC(=O)CC(=O)OCC. The fourth-order valence-corrected chi connectivity index (χ4v) is 0.740. The average Bonchev–Trinajstić information content (AvgIpc) is 2.08. The minimum atomic E-state index is -0.411. The normalized spacial score (nSPS) is 8.31. The first-order chi connectivity index (χ1) is 6.20. The second-order valence-corrected chi connectivity index (χ2v) is 2.27. The largest absolute Gasteiger partial charge is 0.466 e. The third kappa shape index (κ3) is 11.1. The van der Waals surface area contributed by atoms with E-state index in [1.165, 1.54) is 0 Å². The third-order valence-corrected chi connectivity index (χ3v) is 1.18. The zero-order valence-corrected chi connectivity index (χ0v) is 9.05. The molecule has 0 radical (unpaired) electrons. The van der Waals surface area contributed by atoms with Crippen LogP contribution < -0.4 is 0 Å². The van der Waals surface area contributed by atoms with Crippen molar-refractivity contribution in [3.8, 4) is 0 Å². The van der Waals surface area contributed by atoms with Crippen molar-refractivity contribution >= 4 is 11.8 Å². The third-order valence-electron chi connectivity index (χ3n) is 1.18. The topological polar surface area (TPSA) is 43.4 Å². The molecule has 0 unspecified atom stereocenters. The van der Waals surface area contributed by atoms with E-state index >= 15 is 0 Å². The summed E-state index contributed by atoms with van der Waals surface area (Å²) < 4.78 is 4.60. The molecule has 0 bridgehead atoms. The van der Waals surface area contributed by atoms with Crippen LogP contribution in [0.15, 0.2) is 0 Å². The summed E-state index contributed by atoms with van der Waals surface area (Å²) in [5.74, 6) is -0.447. The summed E-state index contributed by atoms with van der Waals surface area (Å²) in [6.07, 6.45) is 1.19. The van der Waals surface area contributed by atoms with Gasteiger partial charge in [0.2, 0.25) is 0 Å². The molecule has 0 N–H and O–H groups in total. The average molecular weight is 188 g/mol. The molecule has 3 heteroatoms. The first-order valence-electron chi connectivity index (χ1n) is 4.88. The lowest BCUT2D eigenvalue weighted by Gasteiger charge is -1.98. The highest BCUT2D eigenvalue weighted by Gasteiger charge is 2.07. The van der Waals surface area contributed by atoms with E-state index in [1.54, 1.807) is 6.92 Å². The summed E-state index contributed by atoms with van der Waals surface area (Å²) in [6.45, 7) is 7.98. The Morgan fingerprint density at radius 3 is 2.08 bits per heavy atom. The summed E-state index contributed by atoms with van der Waals surface area (Å²) in [7, 11) is 0. The van der Waals surface area contributed by atoms with Crippen LogP contribution >= 0.6 is 0 Å². The van der Waals surface area contributed by atoms with E-state index in [0.29, 0.717) is 13.0 Å². The lowest BCUT2D eigenvalue weighted by molar-refractivity contribution is -0.145. The van der Waals surface area contributed by atoms with Crippen LogP contribution in [0.5, 0.6) is 0 Å². The molecule has 0 aliphatic rings. The summed E-state index contributed by atoms with van der Waals surface area (Å²) in [5.41, 5.74) is 0. The molecule has 0 spiro atoms. The van der Waals surface area contributed by atoms with Crippen LogP contribution in [0.1, 0.15) is 47.0 Å². The lowest BCUT2D eigenvalue weighted by atomic mass is 10.2. The highest BCUT2D eigenvalue weighted by molar-refractivity contribution is 5.95. The van der Waals surface area contributed by atoms with Gasteiger partial charge in [0.05, 0.1) is 6.61 Å².